The second-order valence-corrected chi connectivity index (χ2v) is 19.3. The Labute approximate surface area is 426 Å². The van der Waals surface area contributed by atoms with E-state index in [2.05, 4.69) is 66.9 Å². The molecule has 0 saturated carbocycles. The Morgan fingerprint density at radius 3 is 1.59 bits per heavy atom. The SMILES string of the molecule is C/C=C/CC/C=C/CC/C=C/C(O)C(COC1OC(CO)C(O)C(O)C1O)NC(=O)CCCCCCCCC/C=C\CCCCCCCCCCCOC(=O)CCCCCCC/C=C\C/C=C\CCC. The highest BCUT2D eigenvalue weighted by Crippen LogP contribution is 2.23. The largest absolute Gasteiger partial charge is 0.466 e. The Kier molecular flexibility index (Phi) is 45.0. The maximum absolute atomic E-state index is 13.0. The number of unbranched alkanes of at least 4 members (excludes halogenated alkanes) is 24. The third-order valence-electron chi connectivity index (χ3n) is 12.8. The van der Waals surface area contributed by atoms with E-state index in [0.29, 0.717) is 25.9 Å². The number of nitrogens with one attached hydrogen (secondary N) is 1. The molecule has 1 amide bonds. The smallest absolute Gasteiger partial charge is 0.305 e. The van der Waals surface area contributed by atoms with E-state index in [1.807, 2.05) is 19.1 Å². The van der Waals surface area contributed by atoms with E-state index in [1.165, 1.54) is 103 Å². The lowest BCUT2D eigenvalue weighted by atomic mass is 9.99. The van der Waals surface area contributed by atoms with Crippen molar-refractivity contribution in [3.63, 3.8) is 0 Å². The van der Waals surface area contributed by atoms with Crippen LogP contribution in [-0.2, 0) is 23.8 Å². The molecule has 11 nitrogen and oxygen atoms in total. The van der Waals surface area contributed by atoms with E-state index in [0.717, 1.165) is 89.9 Å². The van der Waals surface area contributed by atoms with Crippen molar-refractivity contribution in [2.75, 3.05) is 19.8 Å². The van der Waals surface area contributed by atoms with Gasteiger partial charge in [-0.2, -0.15) is 0 Å². The van der Waals surface area contributed by atoms with Gasteiger partial charge in [0.1, 0.15) is 24.4 Å². The summed E-state index contributed by atoms with van der Waals surface area (Å²) in [6.07, 6.45) is 53.1. The first-order chi connectivity index (χ1) is 34.2. The van der Waals surface area contributed by atoms with Gasteiger partial charge < -0.3 is 45.1 Å². The van der Waals surface area contributed by atoms with Crippen LogP contribution in [0, 0.1) is 0 Å². The minimum absolute atomic E-state index is 0.0255. The molecule has 7 atom stereocenters. The number of carbonyl (C=O) groups excluding carboxylic acids is 2. The van der Waals surface area contributed by atoms with Crippen molar-refractivity contribution in [1.29, 1.82) is 0 Å². The van der Waals surface area contributed by atoms with Crippen LogP contribution in [0.15, 0.2) is 72.9 Å². The highest BCUT2D eigenvalue weighted by Gasteiger charge is 2.44. The Morgan fingerprint density at radius 1 is 0.557 bits per heavy atom. The fraction of sp³-hybridized carbons (Fsp3) is 0.763. The van der Waals surface area contributed by atoms with Gasteiger partial charge in [-0.15, -0.1) is 0 Å². The summed E-state index contributed by atoms with van der Waals surface area (Å²) in [5.74, 6) is -0.236. The topological polar surface area (TPSA) is 175 Å². The van der Waals surface area contributed by atoms with Gasteiger partial charge in [0.2, 0.25) is 5.91 Å². The second-order valence-electron chi connectivity index (χ2n) is 19.3. The number of rotatable bonds is 47. The zero-order valence-corrected chi connectivity index (χ0v) is 44.2. The van der Waals surface area contributed by atoms with Crippen molar-refractivity contribution < 1.29 is 49.3 Å². The molecule has 7 unspecified atom stereocenters. The summed E-state index contributed by atoms with van der Waals surface area (Å²) in [4.78, 5) is 25.0. The quantitative estimate of drug-likeness (QED) is 0.0196. The van der Waals surface area contributed by atoms with Crippen LogP contribution in [0.2, 0.25) is 0 Å². The van der Waals surface area contributed by atoms with Crippen LogP contribution in [0.1, 0.15) is 226 Å². The number of esters is 1. The number of carbonyl (C=O) groups is 2. The molecule has 1 saturated heterocycles. The van der Waals surface area contributed by atoms with Crippen molar-refractivity contribution in [3.05, 3.63) is 72.9 Å². The minimum atomic E-state index is -1.58. The van der Waals surface area contributed by atoms with Crippen LogP contribution in [0.25, 0.3) is 0 Å². The third kappa shape index (κ3) is 37.8. The van der Waals surface area contributed by atoms with Gasteiger partial charge in [-0.1, -0.05) is 183 Å². The molecule has 0 bridgehead atoms. The summed E-state index contributed by atoms with van der Waals surface area (Å²) in [6.45, 7) is 3.98. The average molecular weight is 986 g/mol. The van der Waals surface area contributed by atoms with Gasteiger partial charge in [0.15, 0.2) is 6.29 Å². The van der Waals surface area contributed by atoms with Crippen molar-refractivity contribution in [2.24, 2.45) is 0 Å². The lowest BCUT2D eigenvalue weighted by Gasteiger charge is -2.40. The van der Waals surface area contributed by atoms with Gasteiger partial charge in [-0.25, -0.2) is 0 Å². The molecule has 0 aromatic heterocycles. The van der Waals surface area contributed by atoms with Crippen molar-refractivity contribution >= 4 is 11.9 Å². The Balaban J connectivity index is 2.06. The monoisotopic (exact) mass is 986 g/mol. The maximum atomic E-state index is 13.0. The number of allylic oxidation sites excluding steroid dienone is 11. The van der Waals surface area contributed by atoms with Gasteiger partial charge in [0.25, 0.3) is 0 Å². The molecule has 1 aliphatic heterocycles. The van der Waals surface area contributed by atoms with E-state index in [4.69, 9.17) is 14.2 Å². The normalized spacial score (nSPS) is 19.8. The first kappa shape index (κ1) is 65.1. The number of hydrogen-bond donors (Lipinski definition) is 6. The molecule has 1 fully saturated rings. The van der Waals surface area contributed by atoms with Gasteiger partial charge in [0.05, 0.1) is 32.0 Å². The van der Waals surface area contributed by atoms with Crippen LogP contribution in [0.5, 0.6) is 0 Å². The van der Waals surface area contributed by atoms with Crippen LogP contribution in [-0.4, -0.2) is 100 Å². The predicted octanol–water partition coefficient (Wildman–Crippen LogP) is 12.4. The van der Waals surface area contributed by atoms with Gasteiger partial charge >= 0.3 is 5.97 Å². The molecule has 0 aromatic carbocycles. The predicted molar refractivity (Wildman–Crippen MR) is 287 cm³/mol. The molecule has 1 heterocycles. The van der Waals surface area contributed by atoms with Gasteiger partial charge in [-0.05, 0) is 103 Å². The Bertz CT molecular complexity index is 1390. The number of aliphatic hydroxyl groups is 5. The number of hydrogen-bond acceptors (Lipinski definition) is 10. The van der Waals surface area contributed by atoms with Crippen LogP contribution >= 0.6 is 0 Å². The van der Waals surface area contributed by atoms with Crippen LogP contribution in [0.4, 0.5) is 0 Å². The number of ether oxygens (including phenoxy) is 3. The van der Waals surface area contributed by atoms with Crippen molar-refractivity contribution in [3.8, 4) is 0 Å². The molecule has 6 N–H and O–H groups in total. The summed E-state index contributed by atoms with van der Waals surface area (Å²) in [6, 6.07) is -0.841. The second kappa shape index (κ2) is 48.4. The third-order valence-corrected chi connectivity index (χ3v) is 12.8. The molecule has 11 heteroatoms. The molecule has 1 aliphatic rings. The fourth-order valence-electron chi connectivity index (χ4n) is 8.33. The maximum Gasteiger partial charge on any atom is 0.305 e. The molecule has 70 heavy (non-hydrogen) atoms. The minimum Gasteiger partial charge on any atom is -0.466 e. The molecular weight excluding hydrogens is 883 g/mol. The summed E-state index contributed by atoms with van der Waals surface area (Å²) >= 11 is 0. The van der Waals surface area contributed by atoms with E-state index < -0.39 is 49.5 Å². The van der Waals surface area contributed by atoms with Gasteiger partial charge in [0, 0.05) is 12.8 Å². The zero-order valence-electron chi connectivity index (χ0n) is 44.2. The molecule has 0 radical (unpaired) electrons. The zero-order chi connectivity index (χ0) is 51.0. The molecule has 404 valence electrons. The number of amides is 1. The Morgan fingerprint density at radius 2 is 1.03 bits per heavy atom. The highest BCUT2D eigenvalue weighted by atomic mass is 16.7. The average Bonchev–Trinajstić information content (AvgIpc) is 3.36. The summed E-state index contributed by atoms with van der Waals surface area (Å²) in [5.41, 5.74) is 0. The van der Waals surface area contributed by atoms with E-state index >= 15 is 0 Å². The highest BCUT2D eigenvalue weighted by molar-refractivity contribution is 5.76. The van der Waals surface area contributed by atoms with Crippen molar-refractivity contribution in [2.45, 2.75) is 269 Å². The Hall–Kier alpha value is -2.90. The standard InChI is InChI=1S/C59H103NO10/c1-3-5-7-9-11-13-14-23-27-31-35-39-43-47-55(64)68-48-44-40-36-32-28-25-22-20-18-16-15-17-19-21-24-26-30-34-38-42-46-54(63)60-51(52(62)45-41-37-33-29-12-10-8-6-4-2)50-69-59-58(67)57(66)56(65)53(49-61)70-59/h4,6-7,9,12-15,17,29,41,45,51-53,56-59,61-62,65-67H,3,5,8,10-11,16,18-28,30-40,42-44,46-50H2,1-2H3,(H,60,63)/b6-4+,9-7-,14-13-,17-15-,29-12+,45-41+. The number of aliphatic hydroxyl groups excluding tert-OH is 5. The summed E-state index contributed by atoms with van der Waals surface area (Å²) < 4.78 is 16.6. The lowest BCUT2D eigenvalue weighted by molar-refractivity contribution is -0.302. The molecule has 0 aromatic rings. The summed E-state index contributed by atoms with van der Waals surface area (Å²) in [7, 11) is 0. The van der Waals surface area contributed by atoms with Gasteiger partial charge in [-0.3, -0.25) is 9.59 Å². The molecule has 0 aliphatic carbocycles. The molecule has 1 rings (SSSR count). The fourth-order valence-corrected chi connectivity index (χ4v) is 8.33. The first-order valence-electron chi connectivity index (χ1n) is 28.2. The van der Waals surface area contributed by atoms with Crippen LogP contribution in [0.3, 0.4) is 0 Å². The summed E-state index contributed by atoms with van der Waals surface area (Å²) in [5, 5.41) is 54.1. The van der Waals surface area contributed by atoms with Crippen LogP contribution < -0.4 is 5.32 Å². The lowest BCUT2D eigenvalue weighted by Crippen LogP contribution is -2.60. The van der Waals surface area contributed by atoms with E-state index in [-0.39, 0.29) is 18.5 Å². The van der Waals surface area contributed by atoms with E-state index in [1.54, 1.807) is 6.08 Å². The van der Waals surface area contributed by atoms with Crippen molar-refractivity contribution in [1.82, 2.24) is 5.32 Å². The van der Waals surface area contributed by atoms with E-state index in [9.17, 15) is 35.1 Å². The first-order valence-corrected chi connectivity index (χ1v) is 28.2. The molecule has 0 spiro atoms. The molecular formula is C59H103NO10.